The van der Waals surface area contributed by atoms with E-state index in [9.17, 15) is 23.3 Å². The van der Waals surface area contributed by atoms with Crippen LogP contribution in [0, 0.1) is 17.0 Å². The molecule has 0 aromatic heterocycles. The molecule has 0 aliphatic rings. The van der Waals surface area contributed by atoms with Gasteiger partial charge in [0.15, 0.2) is 6.61 Å². The van der Waals surface area contributed by atoms with Crippen molar-refractivity contribution in [2.45, 2.75) is 13.1 Å². The quantitative estimate of drug-likeness (QED) is 0.597. The van der Waals surface area contributed by atoms with Gasteiger partial charge >= 0.3 is 6.18 Å². The number of hydrogen-bond acceptors (Lipinski definition) is 3. The van der Waals surface area contributed by atoms with Crippen molar-refractivity contribution >= 4 is 5.69 Å². The van der Waals surface area contributed by atoms with Gasteiger partial charge in [-0.15, -0.1) is 0 Å². The van der Waals surface area contributed by atoms with Gasteiger partial charge in [0.05, 0.1) is 4.92 Å². The van der Waals surface area contributed by atoms with Crippen molar-refractivity contribution in [1.82, 2.24) is 0 Å². The molecular weight excluding hydrogens is 227 g/mol. The summed E-state index contributed by atoms with van der Waals surface area (Å²) in [6, 6.07) is 3.45. The van der Waals surface area contributed by atoms with Crippen molar-refractivity contribution in [3.05, 3.63) is 33.9 Å². The summed E-state index contributed by atoms with van der Waals surface area (Å²) in [6.07, 6.45) is -4.42. The SMILES string of the molecule is Cc1cc(OCC(F)(F)F)ccc1[N+](=O)[O-]. The fourth-order valence-corrected chi connectivity index (χ4v) is 1.09. The molecule has 0 heterocycles. The molecule has 0 bridgehead atoms. The highest BCUT2D eigenvalue weighted by molar-refractivity contribution is 5.44. The Morgan fingerprint density at radius 3 is 2.50 bits per heavy atom. The van der Waals surface area contributed by atoms with Gasteiger partial charge in [0.2, 0.25) is 0 Å². The summed E-state index contributed by atoms with van der Waals surface area (Å²) < 4.78 is 39.9. The van der Waals surface area contributed by atoms with E-state index in [2.05, 4.69) is 4.74 Å². The molecule has 0 N–H and O–H groups in total. The zero-order valence-corrected chi connectivity index (χ0v) is 8.25. The van der Waals surface area contributed by atoms with Crippen molar-refractivity contribution in [1.29, 1.82) is 0 Å². The van der Waals surface area contributed by atoms with Crippen LogP contribution >= 0.6 is 0 Å². The highest BCUT2D eigenvalue weighted by atomic mass is 19.4. The van der Waals surface area contributed by atoms with Gasteiger partial charge in [-0.1, -0.05) is 0 Å². The first-order chi connectivity index (χ1) is 7.29. The van der Waals surface area contributed by atoms with E-state index in [1.807, 2.05) is 0 Å². The Bertz CT molecular complexity index is 403. The molecule has 0 fully saturated rings. The lowest BCUT2D eigenvalue weighted by Crippen LogP contribution is -2.19. The number of nitrogens with zero attached hydrogens (tertiary/aromatic N) is 1. The van der Waals surface area contributed by atoms with E-state index in [0.717, 1.165) is 12.1 Å². The van der Waals surface area contributed by atoms with Crippen LogP contribution in [0.4, 0.5) is 18.9 Å². The average molecular weight is 235 g/mol. The first-order valence-corrected chi connectivity index (χ1v) is 4.24. The van der Waals surface area contributed by atoms with Crippen molar-refractivity contribution in [2.75, 3.05) is 6.61 Å². The number of hydrogen-bond donors (Lipinski definition) is 0. The van der Waals surface area contributed by atoms with E-state index in [1.165, 1.54) is 13.0 Å². The summed E-state index contributed by atoms with van der Waals surface area (Å²) in [5, 5.41) is 10.4. The lowest BCUT2D eigenvalue weighted by molar-refractivity contribution is -0.385. The zero-order chi connectivity index (χ0) is 12.3. The van der Waals surface area contributed by atoms with Crippen molar-refractivity contribution in [2.24, 2.45) is 0 Å². The predicted octanol–water partition coefficient (Wildman–Crippen LogP) is 2.84. The van der Waals surface area contributed by atoms with Gasteiger partial charge < -0.3 is 4.74 Å². The van der Waals surface area contributed by atoms with Crippen molar-refractivity contribution in [3.63, 3.8) is 0 Å². The van der Waals surface area contributed by atoms with Crippen LogP contribution in [0.15, 0.2) is 18.2 Å². The molecule has 0 amide bonds. The van der Waals surface area contributed by atoms with Gasteiger partial charge in [-0.3, -0.25) is 10.1 Å². The second-order valence-electron chi connectivity index (χ2n) is 3.11. The molecule has 7 heteroatoms. The van der Waals surface area contributed by atoms with Crippen LogP contribution in [0.5, 0.6) is 5.75 Å². The third-order valence-electron chi connectivity index (χ3n) is 1.77. The van der Waals surface area contributed by atoms with E-state index < -0.39 is 17.7 Å². The zero-order valence-electron chi connectivity index (χ0n) is 8.25. The highest BCUT2D eigenvalue weighted by Crippen LogP contribution is 2.24. The molecule has 0 atom stereocenters. The van der Waals surface area contributed by atoms with E-state index in [-0.39, 0.29) is 17.0 Å². The van der Waals surface area contributed by atoms with E-state index in [0.29, 0.717) is 0 Å². The van der Waals surface area contributed by atoms with Crippen LogP contribution in [-0.4, -0.2) is 17.7 Å². The first kappa shape index (κ1) is 12.3. The largest absolute Gasteiger partial charge is 0.484 e. The molecule has 16 heavy (non-hydrogen) atoms. The number of aryl methyl sites for hydroxylation is 1. The van der Waals surface area contributed by atoms with E-state index in [1.54, 1.807) is 0 Å². The number of alkyl halides is 3. The molecule has 0 spiro atoms. The third kappa shape index (κ3) is 3.41. The molecule has 0 radical (unpaired) electrons. The van der Waals surface area contributed by atoms with Gasteiger partial charge in [-0.05, 0) is 19.1 Å². The van der Waals surface area contributed by atoms with Gasteiger partial charge in [-0.25, -0.2) is 0 Å². The van der Waals surface area contributed by atoms with Crippen LogP contribution < -0.4 is 4.74 Å². The second kappa shape index (κ2) is 4.38. The number of rotatable bonds is 3. The normalized spacial score (nSPS) is 11.2. The van der Waals surface area contributed by atoms with Crippen molar-refractivity contribution in [3.8, 4) is 5.75 Å². The van der Waals surface area contributed by atoms with Crippen LogP contribution in [0.3, 0.4) is 0 Å². The summed E-state index contributed by atoms with van der Waals surface area (Å²) >= 11 is 0. The minimum atomic E-state index is -4.42. The Morgan fingerprint density at radius 1 is 1.44 bits per heavy atom. The van der Waals surface area contributed by atoms with Crippen LogP contribution in [-0.2, 0) is 0 Å². The third-order valence-corrected chi connectivity index (χ3v) is 1.77. The fourth-order valence-electron chi connectivity index (χ4n) is 1.09. The molecule has 88 valence electrons. The van der Waals surface area contributed by atoms with Gasteiger partial charge in [0.1, 0.15) is 5.75 Å². The number of benzene rings is 1. The smallest absolute Gasteiger partial charge is 0.422 e. The van der Waals surface area contributed by atoms with Crippen LogP contribution in [0.2, 0.25) is 0 Å². The molecule has 0 saturated heterocycles. The van der Waals surface area contributed by atoms with Crippen LogP contribution in [0.25, 0.3) is 0 Å². The van der Waals surface area contributed by atoms with Crippen molar-refractivity contribution < 1.29 is 22.8 Å². The Morgan fingerprint density at radius 2 is 2.06 bits per heavy atom. The lowest BCUT2D eigenvalue weighted by Gasteiger charge is -2.09. The second-order valence-corrected chi connectivity index (χ2v) is 3.11. The summed E-state index contributed by atoms with van der Waals surface area (Å²) in [7, 11) is 0. The molecule has 1 rings (SSSR count). The number of halogens is 3. The topological polar surface area (TPSA) is 52.4 Å². The molecule has 0 aliphatic heterocycles. The Kier molecular flexibility index (Phi) is 3.36. The number of nitro benzene ring substituents is 1. The Labute approximate surface area is 88.8 Å². The molecular formula is C9H8F3NO3. The lowest BCUT2D eigenvalue weighted by atomic mass is 10.2. The molecule has 1 aromatic carbocycles. The summed E-state index contributed by atoms with van der Waals surface area (Å²) in [5.74, 6) is -0.0413. The summed E-state index contributed by atoms with van der Waals surface area (Å²) in [4.78, 5) is 9.83. The van der Waals surface area contributed by atoms with Gasteiger partial charge in [-0.2, -0.15) is 13.2 Å². The molecule has 0 aliphatic carbocycles. The molecule has 0 saturated carbocycles. The molecule has 0 unspecified atom stereocenters. The van der Waals surface area contributed by atoms with Gasteiger partial charge in [0, 0.05) is 11.6 Å². The fraction of sp³-hybridized carbons (Fsp3) is 0.333. The Hall–Kier alpha value is -1.79. The maximum Gasteiger partial charge on any atom is 0.422 e. The van der Waals surface area contributed by atoms with E-state index >= 15 is 0 Å². The van der Waals surface area contributed by atoms with Crippen LogP contribution in [0.1, 0.15) is 5.56 Å². The first-order valence-electron chi connectivity index (χ1n) is 4.24. The Balaban J connectivity index is 2.78. The highest BCUT2D eigenvalue weighted by Gasteiger charge is 2.28. The number of nitro groups is 1. The maximum absolute atomic E-state index is 11.8. The van der Waals surface area contributed by atoms with E-state index in [4.69, 9.17) is 0 Å². The minimum absolute atomic E-state index is 0.0413. The van der Waals surface area contributed by atoms with Gasteiger partial charge in [0.25, 0.3) is 5.69 Å². The molecule has 1 aromatic rings. The standard InChI is InChI=1S/C9H8F3NO3/c1-6-4-7(16-5-9(10,11)12)2-3-8(6)13(14)15/h2-4H,5H2,1H3. The predicted molar refractivity (Wildman–Crippen MR) is 49.4 cm³/mol. The minimum Gasteiger partial charge on any atom is -0.484 e. The monoisotopic (exact) mass is 235 g/mol. The number of ether oxygens (including phenoxy) is 1. The summed E-state index contributed by atoms with van der Waals surface area (Å²) in [6.45, 7) is 0.0167. The average Bonchev–Trinajstić information content (AvgIpc) is 2.13. The summed E-state index contributed by atoms with van der Waals surface area (Å²) in [5.41, 5.74) is 0.101. The maximum atomic E-state index is 11.8. The molecule has 4 nitrogen and oxygen atoms in total.